The molecular formula is C16H22O. The molecule has 92 valence electrons. The van der Waals surface area contributed by atoms with Gasteiger partial charge in [-0.3, -0.25) is 0 Å². The first-order valence-electron chi connectivity index (χ1n) is 5.94. The minimum absolute atomic E-state index is 0.833. The van der Waals surface area contributed by atoms with Gasteiger partial charge in [-0.15, -0.1) is 12.8 Å². The first-order chi connectivity index (χ1) is 8.13. The summed E-state index contributed by atoms with van der Waals surface area (Å²) in [4.78, 5) is 0. The lowest BCUT2D eigenvalue weighted by atomic mass is 10.2. The highest BCUT2D eigenvalue weighted by Crippen LogP contribution is 2.18. The van der Waals surface area contributed by atoms with Gasteiger partial charge in [0.15, 0.2) is 0 Å². The van der Waals surface area contributed by atoms with Crippen molar-refractivity contribution in [3.05, 3.63) is 36.1 Å². The van der Waals surface area contributed by atoms with Crippen molar-refractivity contribution in [2.24, 2.45) is 5.92 Å². The van der Waals surface area contributed by atoms with Gasteiger partial charge in [-0.25, -0.2) is 0 Å². The topological polar surface area (TPSA) is 13.1 Å². The summed E-state index contributed by atoms with van der Waals surface area (Å²) in [5.41, 5.74) is 0.990. The highest BCUT2D eigenvalue weighted by atomic mass is 16.3. The van der Waals surface area contributed by atoms with E-state index in [4.69, 9.17) is 4.42 Å². The summed E-state index contributed by atoms with van der Waals surface area (Å²) in [7, 11) is 0. The summed E-state index contributed by atoms with van der Waals surface area (Å²) < 4.78 is 5.52. The number of benzene rings is 1. The Hall–Kier alpha value is -1.68. The molecule has 0 bridgehead atoms. The zero-order chi connectivity index (χ0) is 13.3. The molecule has 0 amide bonds. The summed E-state index contributed by atoms with van der Waals surface area (Å²) in [5, 5.41) is 1.20. The van der Waals surface area contributed by atoms with Gasteiger partial charge in [-0.1, -0.05) is 45.9 Å². The number of fused-ring (bicyclic) bond motifs is 1. The Labute approximate surface area is 105 Å². The normalized spacial score (nSPS) is 9.12. The van der Waals surface area contributed by atoms with E-state index in [1.165, 1.54) is 5.39 Å². The average molecular weight is 230 g/mol. The summed E-state index contributed by atoms with van der Waals surface area (Å²) in [6, 6.07) is 10.2. The van der Waals surface area contributed by atoms with Gasteiger partial charge in [-0.05, 0) is 18.1 Å². The smallest absolute Gasteiger partial charge is 0.134 e. The summed E-state index contributed by atoms with van der Waals surface area (Å²) in [6.45, 7) is 8.59. The predicted molar refractivity (Wildman–Crippen MR) is 76.0 cm³/mol. The van der Waals surface area contributed by atoms with E-state index in [0.29, 0.717) is 0 Å². The Morgan fingerprint density at radius 1 is 1.12 bits per heavy atom. The van der Waals surface area contributed by atoms with E-state index in [9.17, 15) is 0 Å². The molecule has 1 aromatic heterocycles. The molecule has 0 saturated heterocycles. The van der Waals surface area contributed by atoms with E-state index in [1.807, 2.05) is 18.2 Å². The zero-order valence-electron chi connectivity index (χ0n) is 11.2. The fourth-order valence-electron chi connectivity index (χ4n) is 1.21. The van der Waals surface area contributed by atoms with Crippen LogP contribution in [0.2, 0.25) is 0 Å². The quantitative estimate of drug-likeness (QED) is 0.635. The molecule has 0 aliphatic heterocycles. The molecule has 0 aliphatic carbocycles. The van der Waals surface area contributed by atoms with E-state index < -0.39 is 0 Å². The standard InChI is InChI=1S/C10H10O.C4H10.C2H2/c1-2-9-7-8-5-3-4-6-10(8)11-9;1-4(2)3;1-2/h3-7H,2H2,1H3;4H,1-3H3;1-2H. The van der Waals surface area contributed by atoms with Crippen LogP contribution in [-0.2, 0) is 6.42 Å². The maximum atomic E-state index is 5.52. The van der Waals surface area contributed by atoms with Gasteiger partial charge in [-0.2, -0.15) is 0 Å². The molecule has 1 heterocycles. The molecule has 0 aliphatic rings. The minimum atomic E-state index is 0.833. The lowest BCUT2D eigenvalue weighted by Gasteiger charge is -1.83. The van der Waals surface area contributed by atoms with Gasteiger partial charge in [0.1, 0.15) is 11.3 Å². The number of para-hydroxylation sites is 1. The Morgan fingerprint density at radius 2 is 1.65 bits per heavy atom. The van der Waals surface area contributed by atoms with Crippen LogP contribution >= 0.6 is 0 Å². The van der Waals surface area contributed by atoms with Gasteiger partial charge in [0.2, 0.25) is 0 Å². The molecule has 0 atom stereocenters. The van der Waals surface area contributed by atoms with E-state index in [2.05, 4.69) is 52.7 Å². The monoisotopic (exact) mass is 230 g/mol. The number of terminal acetylenes is 1. The first-order valence-corrected chi connectivity index (χ1v) is 5.94. The number of hydrogen-bond acceptors (Lipinski definition) is 1. The van der Waals surface area contributed by atoms with E-state index in [1.54, 1.807) is 0 Å². The first kappa shape index (κ1) is 15.3. The van der Waals surface area contributed by atoms with Crippen LogP contribution in [0.15, 0.2) is 34.7 Å². The highest BCUT2D eigenvalue weighted by molar-refractivity contribution is 5.77. The van der Waals surface area contributed by atoms with Crippen molar-refractivity contribution in [1.82, 2.24) is 0 Å². The lowest BCUT2D eigenvalue weighted by Crippen LogP contribution is -1.67. The van der Waals surface area contributed by atoms with Gasteiger partial charge < -0.3 is 4.42 Å². The molecule has 0 fully saturated rings. The SMILES string of the molecule is C#C.CC(C)C.CCc1cc2ccccc2o1. The van der Waals surface area contributed by atoms with Crippen LogP contribution in [0.1, 0.15) is 33.5 Å². The molecule has 0 radical (unpaired) electrons. The predicted octanol–water partition coefficient (Wildman–Crippen LogP) is 4.91. The van der Waals surface area contributed by atoms with Crippen molar-refractivity contribution < 1.29 is 4.42 Å². The van der Waals surface area contributed by atoms with Gasteiger partial charge in [0.25, 0.3) is 0 Å². The molecule has 17 heavy (non-hydrogen) atoms. The molecule has 0 N–H and O–H groups in total. The van der Waals surface area contributed by atoms with Crippen LogP contribution in [0.5, 0.6) is 0 Å². The van der Waals surface area contributed by atoms with Gasteiger partial charge >= 0.3 is 0 Å². The second-order valence-corrected chi connectivity index (χ2v) is 4.34. The molecule has 2 aromatic rings. The number of rotatable bonds is 1. The van der Waals surface area contributed by atoms with Crippen LogP contribution in [0.25, 0.3) is 11.0 Å². The number of aryl methyl sites for hydroxylation is 1. The molecular weight excluding hydrogens is 208 g/mol. The van der Waals surface area contributed by atoms with Crippen molar-refractivity contribution in [2.75, 3.05) is 0 Å². The van der Waals surface area contributed by atoms with E-state index in [0.717, 1.165) is 23.7 Å². The molecule has 0 spiro atoms. The van der Waals surface area contributed by atoms with Crippen LogP contribution in [0.3, 0.4) is 0 Å². The maximum absolute atomic E-state index is 5.52. The fraction of sp³-hybridized carbons (Fsp3) is 0.375. The third kappa shape index (κ3) is 5.82. The second-order valence-electron chi connectivity index (χ2n) is 4.34. The molecule has 0 saturated carbocycles. The Kier molecular flexibility index (Phi) is 7.63. The van der Waals surface area contributed by atoms with Gasteiger partial charge in [0.05, 0.1) is 0 Å². The molecule has 2 rings (SSSR count). The molecule has 1 nitrogen and oxygen atoms in total. The zero-order valence-corrected chi connectivity index (χ0v) is 11.2. The van der Waals surface area contributed by atoms with Crippen LogP contribution in [-0.4, -0.2) is 0 Å². The fourth-order valence-corrected chi connectivity index (χ4v) is 1.21. The minimum Gasteiger partial charge on any atom is -0.461 e. The largest absolute Gasteiger partial charge is 0.461 e. The van der Waals surface area contributed by atoms with Crippen molar-refractivity contribution >= 4 is 11.0 Å². The molecule has 1 aromatic carbocycles. The summed E-state index contributed by atoms with van der Waals surface area (Å²) >= 11 is 0. The van der Waals surface area contributed by atoms with Crippen molar-refractivity contribution in [3.8, 4) is 12.8 Å². The molecule has 0 unspecified atom stereocenters. The maximum Gasteiger partial charge on any atom is 0.134 e. The lowest BCUT2D eigenvalue weighted by molar-refractivity contribution is 0.557. The van der Waals surface area contributed by atoms with Crippen LogP contribution in [0.4, 0.5) is 0 Å². The highest BCUT2D eigenvalue weighted by Gasteiger charge is 1.98. The van der Waals surface area contributed by atoms with Crippen molar-refractivity contribution in [3.63, 3.8) is 0 Å². The van der Waals surface area contributed by atoms with E-state index >= 15 is 0 Å². The number of furan rings is 1. The number of hydrogen-bond donors (Lipinski definition) is 0. The summed E-state index contributed by atoms with van der Waals surface area (Å²) in [5.74, 6) is 1.89. The summed E-state index contributed by atoms with van der Waals surface area (Å²) in [6.07, 6.45) is 8.97. The third-order valence-corrected chi connectivity index (χ3v) is 1.83. The Morgan fingerprint density at radius 3 is 2.12 bits per heavy atom. The van der Waals surface area contributed by atoms with Gasteiger partial charge in [0, 0.05) is 11.8 Å². The van der Waals surface area contributed by atoms with Crippen molar-refractivity contribution in [1.29, 1.82) is 0 Å². The van der Waals surface area contributed by atoms with Crippen LogP contribution in [0, 0.1) is 18.8 Å². The Balaban J connectivity index is 0.000000368. The Bertz CT molecular complexity index is 399. The third-order valence-electron chi connectivity index (χ3n) is 1.83. The average Bonchev–Trinajstić information content (AvgIpc) is 2.73. The second kappa shape index (κ2) is 8.47. The van der Waals surface area contributed by atoms with Crippen LogP contribution < -0.4 is 0 Å². The molecule has 1 heteroatoms. The van der Waals surface area contributed by atoms with Crippen molar-refractivity contribution in [2.45, 2.75) is 34.1 Å². The van der Waals surface area contributed by atoms with E-state index in [-0.39, 0.29) is 0 Å².